The molecule has 0 aromatic rings. The third-order valence-corrected chi connectivity index (χ3v) is 1.70. The second kappa shape index (κ2) is 4.20. The summed E-state index contributed by atoms with van der Waals surface area (Å²) in [5.74, 6) is -0.627. The Morgan fingerprint density at radius 2 is 1.78 bits per heavy atom. The first-order valence-corrected chi connectivity index (χ1v) is 3.03. The second-order valence-corrected chi connectivity index (χ2v) is 2.32. The molecule has 0 unspecified atom stereocenters. The Bertz CT molecular complexity index is 97.2. The van der Waals surface area contributed by atoms with E-state index in [1.54, 1.807) is 0 Å². The van der Waals surface area contributed by atoms with E-state index in [0.29, 0.717) is 0 Å². The maximum atomic E-state index is 10.2. The van der Waals surface area contributed by atoms with Crippen molar-refractivity contribution in [3.05, 3.63) is 0 Å². The molecule has 0 saturated heterocycles. The van der Waals surface area contributed by atoms with E-state index in [1.807, 2.05) is 0 Å². The van der Waals surface area contributed by atoms with Crippen molar-refractivity contribution in [2.75, 3.05) is 0 Å². The molecule has 0 heterocycles. The molecule has 1 saturated carbocycles. The third kappa shape index (κ3) is 2.61. The van der Waals surface area contributed by atoms with E-state index in [1.165, 1.54) is 0 Å². The average Bonchev–Trinajstić information content (AvgIpc) is 2.12. The Labute approximate surface area is 73.4 Å². The van der Waals surface area contributed by atoms with E-state index in [0.717, 1.165) is 25.7 Å². The van der Waals surface area contributed by atoms with E-state index < -0.39 is 5.97 Å². The van der Waals surface area contributed by atoms with Crippen LogP contribution in [0.1, 0.15) is 25.7 Å². The summed E-state index contributed by atoms with van der Waals surface area (Å²) < 4.78 is 0. The van der Waals surface area contributed by atoms with Gasteiger partial charge < -0.3 is 5.11 Å². The van der Waals surface area contributed by atoms with Crippen LogP contribution in [-0.4, -0.2) is 36.9 Å². The summed E-state index contributed by atoms with van der Waals surface area (Å²) in [5.41, 5.74) is 0. The van der Waals surface area contributed by atoms with Gasteiger partial charge in [0.15, 0.2) is 0 Å². The zero-order valence-electron chi connectivity index (χ0n) is 5.34. The summed E-state index contributed by atoms with van der Waals surface area (Å²) in [7, 11) is 0. The first-order valence-electron chi connectivity index (χ1n) is 3.03. The number of aliphatic carboxylic acids is 1. The summed E-state index contributed by atoms with van der Waals surface area (Å²) in [5, 5.41) is 8.41. The Hall–Kier alpha value is 0.340. The quantitative estimate of drug-likeness (QED) is 0.724. The van der Waals surface area contributed by atoms with Gasteiger partial charge in [0.05, 0.1) is 5.92 Å². The van der Waals surface area contributed by atoms with Crippen molar-refractivity contribution in [3.8, 4) is 0 Å². The van der Waals surface area contributed by atoms with Gasteiger partial charge in [0.25, 0.3) is 0 Å². The van der Waals surface area contributed by atoms with Gasteiger partial charge in [0.1, 0.15) is 0 Å². The Morgan fingerprint density at radius 3 is 2.00 bits per heavy atom. The van der Waals surface area contributed by atoms with E-state index in [-0.39, 0.29) is 31.8 Å². The smallest absolute Gasteiger partial charge is 0.306 e. The zero-order valence-corrected chi connectivity index (χ0v) is 8.63. The molecule has 9 heavy (non-hydrogen) atoms. The Balaban J connectivity index is 0.000000640. The van der Waals surface area contributed by atoms with Gasteiger partial charge in [-0.05, 0) is 12.8 Å². The fourth-order valence-corrected chi connectivity index (χ4v) is 1.17. The molecule has 1 aliphatic rings. The molecule has 0 aromatic carbocycles. The van der Waals surface area contributed by atoms with Gasteiger partial charge in [-0.15, -0.1) is 0 Å². The van der Waals surface area contributed by atoms with Crippen LogP contribution in [0.25, 0.3) is 0 Å². The maximum Gasteiger partial charge on any atom is 0.306 e. The van der Waals surface area contributed by atoms with Crippen molar-refractivity contribution in [1.82, 2.24) is 0 Å². The first-order chi connectivity index (χ1) is 3.80. The van der Waals surface area contributed by atoms with Crippen molar-refractivity contribution in [3.63, 3.8) is 0 Å². The van der Waals surface area contributed by atoms with Gasteiger partial charge in [0.2, 0.25) is 0 Å². The van der Waals surface area contributed by atoms with Crippen molar-refractivity contribution < 1.29 is 9.90 Å². The van der Waals surface area contributed by atoms with Crippen molar-refractivity contribution >= 4 is 31.8 Å². The molecule has 1 N–H and O–H groups in total. The number of carboxylic acids is 1. The number of rotatable bonds is 1. The normalized spacial score (nSPS) is 19.1. The fourth-order valence-electron chi connectivity index (χ4n) is 1.17. The van der Waals surface area contributed by atoms with Crippen LogP contribution >= 0.6 is 0 Å². The minimum atomic E-state index is -0.609. The number of carbonyl (C=O) groups is 1. The van der Waals surface area contributed by atoms with Gasteiger partial charge in [-0.3, -0.25) is 4.79 Å². The summed E-state index contributed by atoms with van der Waals surface area (Å²) >= 11 is 0. The molecule has 0 spiro atoms. The Kier molecular flexibility index (Phi) is 4.36. The minimum absolute atomic E-state index is 0. The molecular formula is C6H10InO2. The molecule has 0 aliphatic heterocycles. The number of carboxylic acid groups (broad SMARTS) is 1. The molecule has 2 nitrogen and oxygen atoms in total. The van der Waals surface area contributed by atoms with Crippen LogP contribution in [-0.2, 0) is 4.79 Å². The monoisotopic (exact) mass is 229 g/mol. The number of hydrogen-bond acceptors (Lipinski definition) is 1. The maximum absolute atomic E-state index is 10.2. The zero-order chi connectivity index (χ0) is 5.98. The van der Waals surface area contributed by atoms with Crippen LogP contribution in [0.4, 0.5) is 0 Å². The second-order valence-electron chi connectivity index (χ2n) is 2.32. The van der Waals surface area contributed by atoms with Crippen LogP contribution in [0.3, 0.4) is 0 Å². The van der Waals surface area contributed by atoms with Crippen LogP contribution in [0, 0.1) is 5.92 Å². The van der Waals surface area contributed by atoms with E-state index in [9.17, 15) is 4.79 Å². The first kappa shape index (κ1) is 9.34. The van der Waals surface area contributed by atoms with Crippen LogP contribution in [0.5, 0.6) is 0 Å². The van der Waals surface area contributed by atoms with E-state index >= 15 is 0 Å². The number of hydrogen-bond donors (Lipinski definition) is 1. The van der Waals surface area contributed by atoms with E-state index in [4.69, 9.17) is 5.11 Å². The summed E-state index contributed by atoms with van der Waals surface area (Å²) in [6, 6.07) is 0. The molecule has 1 fully saturated rings. The summed E-state index contributed by atoms with van der Waals surface area (Å²) in [6.45, 7) is 0. The minimum Gasteiger partial charge on any atom is -0.481 e. The molecule has 0 amide bonds. The molecular weight excluding hydrogens is 219 g/mol. The molecule has 0 aromatic heterocycles. The molecule has 0 atom stereocenters. The van der Waals surface area contributed by atoms with Crippen LogP contribution in [0.2, 0.25) is 0 Å². The SMILES string of the molecule is O=C(O)C1CCCC1.[In]. The largest absolute Gasteiger partial charge is 0.481 e. The summed E-state index contributed by atoms with van der Waals surface area (Å²) in [4.78, 5) is 10.2. The molecule has 3 heteroatoms. The van der Waals surface area contributed by atoms with Crippen LogP contribution in [0.15, 0.2) is 0 Å². The van der Waals surface area contributed by atoms with Crippen molar-refractivity contribution in [1.29, 1.82) is 0 Å². The van der Waals surface area contributed by atoms with E-state index in [2.05, 4.69) is 0 Å². The van der Waals surface area contributed by atoms with Gasteiger partial charge in [-0.1, -0.05) is 12.8 Å². The predicted molar refractivity (Wildman–Crippen MR) is 35.3 cm³/mol. The van der Waals surface area contributed by atoms with Crippen LogP contribution < -0.4 is 0 Å². The van der Waals surface area contributed by atoms with Gasteiger partial charge in [0, 0.05) is 25.8 Å². The molecule has 49 valence electrons. The average molecular weight is 229 g/mol. The topological polar surface area (TPSA) is 37.3 Å². The Morgan fingerprint density at radius 1 is 1.33 bits per heavy atom. The molecule has 3 radical (unpaired) electrons. The van der Waals surface area contributed by atoms with Gasteiger partial charge in [-0.25, -0.2) is 0 Å². The van der Waals surface area contributed by atoms with Crippen molar-refractivity contribution in [2.45, 2.75) is 25.7 Å². The third-order valence-electron chi connectivity index (χ3n) is 1.70. The molecule has 1 rings (SSSR count). The predicted octanol–water partition coefficient (Wildman–Crippen LogP) is 0.880. The molecule has 1 aliphatic carbocycles. The fraction of sp³-hybridized carbons (Fsp3) is 0.833. The summed E-state index contributed by atoms with van der Waals surface area (Å²) in [6.07, 6.45) is 4.01. The van der Waals surface area contributed by atoms with Crippen molar-refractivity contribution in [2.24, 2.45) is 5.92 Å². The van der Waals surface area contributed by atoms with Gasteiger partial charge in [-0.2, -0.15) is 0 Å². The standard InChI is InChI=1S/C6H10O2.In/c7-6(8)5-3-1-2-4-5;/h5H,1-4H2,(H,7,8);. The molecule has 0 bridgehead atoms. The van der Waals surface area contributed by atoms with Gasteiger partial charge >= 0.3 is 5.97 Å².